The SMILES string of the molecule is COC(=O)C1=C(CN2CC(F)(F)[C@@H]3[C@H]2CON3C[C@@](C)(O)C(C)(C)C(=O)O)NC(c2nccs2)=N[C@H]1c1ccc(F)c(F)c1C. The lowest BCUT2D eigenvalue weighted by atomic mass is 9.75. The largest absolute Gasteiger partial charge is 0.481 e. The maximum Gasteiger partial charge on any atom is 0.338 e. The van der Waals surface area contributed by atoms with Gasteiger partial charge >= 0.3 is 11.9 Å². The van der Waals surface area contributed by atoms with Crippen molar-refractivity contribution in [3.05, 3.63) is 62.7 Å². The predicted molar refractivity (Wildman–Crippen MR) is 153 cm³/mol. The zero-order chi connectivity index (χ0) is 33.1. The van der Waals surface area contributed by atoms with Crippen LogP contribution in [-0.2, 0) is 19.2 Å². The van der Waals surface area contributed by atoms with Gasteiger partial charge in [0.1, 0.15) is 12.1 Å². The summed E-state index contributed by atoms with van der Waals surface area (Å²) in [5.41, 5.74) is -3.49. The van der Waals surface area contributed by atoms with Crippen molar-refractivity contribution in [3.63, 3.8) is 0 Å². The van der Waals surface area contributed by atoms with Gasteiger partial charge in [0.15, 0.2) is 22.5 Å². The number of carboxylic acids is 1. The van der Waals surface area contributed by atoms with Gasteiger partial charge in [0.25, 0.3) is 5.92 Å². The Hall–Kier alpha value is -3.44. The summed E-state index contributed by atoms with van der Waals surface area (Å²) in [6.07, 6.45) is 1.53. The third kappa shape index (κ3) is 5.73. The van der Waals surface area contributed by atoms with Gasteiger partial charge in [-0.1, -0.05) is 6.07 Å². The van der Waals surface area contributed by atoms with E-state index >= 15 is 8.78 Å². The van der Waals surface area contributed by atoms with Crippen molar-refractivity contribution in [1.82, 2.24) is 20.3 Å². The minimum atomic E-state index is -3.37. The fourth-order valence-electron chi connectivity index (χ4n) is 5.77. The van der Waals surface area contributed by atoms with Crippen LogP contribution in [0.3, 0.4) is 0 Å². The molecular weight excluding hydrogens is 622 g/mol. The number of thiazole rings is 1. The van der Waals surface area contributed by atoms with E-state index in [1.165, 1.54) is 56.2 Å². The zero-order valence-electron chi connectivity index (χ0n) is 25.1. The summed E-state index contributed by atoms with van der Waals surface area (Å²) in [4.78, 5) is 41.0. The highest BCUT2D eigenvalue weighted by atomic mass is 32.1. The van der Waals surface area contributed by atoms with Crippen molar-refractivity contribution in [3.8, 4) is 0 Å². The number of aromatic nitrogens is 1. The monoisotopic (exact) mass is 655 g/mol. The van der Waals surface area contributed by atoms with Crippen LogP contribution in [0.2, 0.25) is 0 Å². The Morgan fingerprint density at radius 1 is 1.27 bits per heavy atom. The van der Waals surface area contributed by atoms with Crippen molar-refractivity contribution < 1.29 is 46.9 Å². The number of hydroxylamine groups is 2. The number of halogens is 4. The number of esters is 1. The number of aliphatic hydroxyl groups is 1. The second-order valence-corrected chi connectivity index (χ2v) is 12.9. The fraction of sp³-hybridized carbons (Fsp3) is 0.517. The number of hydrogen-bond donors (Lipinski definition) is 3. The van der Waals surface area contributed by atoms with Gasteiger partial charge in [-0.05, 0) is 44.9 Å². The maximum absolute atomic E-state index is 15.7. The van der Waals surface area contributed by atoms with Crippen LogP contribution in [0.5, 0.6) is 0 Å². The molecule has 0 unspecified atom stereocenters. The highest BCUT2D eigenvalue weighted by Crippen LogP contribution is 2.44. The molecule has 3 aliphatic rings. The van der Waals surface area contributed by atoms with Crippen molar-refractivity contribution in [2.45, 2.75) is 57.3 Å². The number of alkyl halides is 2. The number of amidine groups is 1. The third-order valence-corrected chi connectivity index (χ3v) is 9.73. The minimum Gasteiger partial charge on any atom is -0.481 e. The molecule has 0 aliphatic carbocycles. The molecule has 4 atom stereocenters. The Morgan fingerprint density at radius 3 is 2.60 bits per heavy atom. The van der Waals surface area contributed by atoms with Crippen LogP contribution in [-0.4, -0.2) is 99.9 Å². The molecule has 244 valence electrons. The fourth-order valence-corrected chi connectivity index (χ4v) is 6.36. The molecule has 3 aliphatic heterocycles. The average molecular weight is 656 g/mol. The van der Waals surface area contributed by atoms with E-state index in [-0.39, 0.29) is 41.4 Å². The number of rotatable bonds is 9. The van der Waals surface area contributed by atoms with E-state index in [1.54, 1.807) is 5.38 Å². The van der Waals surface area contributed by atoms with Crippen LogP contribution < -0.4 is 5.32 Å². The van der Waals surface area contributed by atoms with Gasteiger partial charge in [0, 0.05) is 23.8 Å². The molecule has 0 radical (unpaired) electrons. The van der Waals surface area contributed by atoms with Gasteiger partial charge in [-0.2, -0.15) is 5.06 Å². The molecule has 4 heterocycles. The van der Waals surface area contributed by atoms with E-state index in [0.717, 1.165) is 18.2 Å². The number of aliphatic carboxylic acids is 1. The summed E-state index contributed by atoms with van der Waals surface area (Å²) in [6.45, 7) is 3.47. The second-order valence-electron chi connectivity index (χ2n) is 12.1. The number of hydrogen-bond acceptors (Lipinski definition) is 11. The number of aliphatic imine (C=N–C) groups is 1. The van der Waals surface area contributed by atoms with E-state index in [9.17, 15) is 28.6 Å². The molecule has 2 fully saturated rings. The number of carboxylic acid groups (broad SMARTS) is 1. The molecule has 2 saturated heterocycles. The number of likely N-dealkylation sites (tertiary alicyclic amines) is 1. The Morgan fingerprint density at radius 2 is 1.98 bits per heavy atom. The smallest absolute Gasteiger partial charge is 0.338 e. The highest BCUT2D eigenvalue weighted by Gasteiger charge is 2.62. The van der Waals surface area contributed by atoms with Gasteiger partial charge < -0.3 is 20.3 Å². The molecule has 11 nitrogen and oxygen atoms in total. The first-order valence-corrected chi connectivity index (χ1v) is 14.9. The molecular formula is C29H33F4N5O6S. The number of nitrogens with zero attached hydrogens (tertiary/aromatic N) is 4. The molecule has 0 spiro atoms. The van der Waals surface area contributed by atoms with Crippen LogP contribution in [0.1, 0.15) is 42.9 Å². The highest BCUT2D eigenvalue weighted by molar-refractivity contribution is 7.11. The topological polar surface area (TPSA) is 137 Å². The summed E-state index contributed by atoms with van der Waals surface area (Å²) in [7, 11) is 1.13. The number of benzene rings is 1. The molecule has 5 rings (SSSR count). The molecule has 45 heavy (non-hydrogen) atoms. The first-order valence-electron chi connectivity index (χ1n) is 14.0. The van der Waals surface area contributed by atoms with Gasteiger partial charge in [-0.3, -0.25) is 19.5 Å². The van der Waals surface area contributed by atoms with Crippen LogP contribution in [0.15, 0.2) is 40.0 Å². The lowest BCUT2D eigenvalue weighted by Gasteiger charge is -2.40. The molecule has 1 aromatic carbocycles. The summed E-state index contributed by atoms with van der Waals surface area (Å²) in [5, 5.41) is 26.7. The van der Waals surface area contributed by atoms with Crippen molar-refractivity contribution in [2.24, 2.45) is 10.4 Å². The van der Waals surface area contributed by atoms with E-state index in [4.69, 9.17) is 9.57 Å². The Balaban J connectivity index is 1.52. The van der Waals surface area contributed by atoms with Crippen molar-refractivity contribution >= 4 is 29.1 Å². The normalized spacial score (nSPS) is 25.0. The van der Waals surface area contributed by atoms with Crippen LogP contribution in [0.4, 0.5) is 17.6 Å². The number of carbonyl (C=O) groups is 2. The Labute approximate surface area is 260 Å². The van der Waals surface area contributed by atoms with E-state index in [1.807, 2.05) is 0 Å². The zero-order valence-corrected chi connectivity index (χ0v) is 25.9. The van der Waals surface area contributed by atoms with Gasteiger partial charge in [-0.15, -0.1) is 11.3 Å². The molecule has 0 saturated carbocycles. The van der Waals surface area contributed by atoms with E-state index in [2.05, 4.69) is 15.3 Å². The molecule has 2 aromatic rings. The van der Waals surface area contributed by atoms with Crippen LogP contribution in [0, 0.1) is 24.0 Å². The van der Waals surface area contributed by atoms with Crippen molar-refractivity contribution in [2.75, 3.05) is 33.4 Å². The first-order chi connectivity index (χ1) is 21.0. The molecule has 3 N–H and O–H groups in total. The number of methoxy groups -OCH3 is 1. The average Bonchev–Trinajstić information content (AvgIpc) is 3.70. The van der Waals surface area contributed by atoms with Crippen molar-refractivity contribution in [1.29, 1.82) is 0 Å². The number of nitrogens with one attached hydrogen (secondary N) is 1. The number of ether oxygens (including phenoxy) is 1. The quantitative estimate of drug-likeness (QED) is 0.273. The molecule has 0 amide bonds. The summed E-state index contributed by atoms with van der Waals surface area (Å²) < 4.78 is 65.2. The number of carbonyl (C=O) groups excluding carboxylic acids is 1. The molecule has 0 bridgehead atoms. The maximum atomic E-state index is 15.7. The number of β-amino-alcohol motifs (C(OH)–C–C–N with tert-alkyl or cyclic N) is 1. The summed E-state index contributed by atoms with van der Waals surface area (Å²) >= 11 is 1.22. The van der Waals surface area contributed by atoms with Crippen LogP contribution >= 0.6 is 11.3 Å². The summed E-state index contributed by atoms with van der Waals surface area (Å²) in [5.74, 6) is -7.53. The van der Waals surface area contributed by atoms with Gasteiger partial charge in [0.05, 0.1) is 49.4 Å². The summed E-state index contributed by atoms with van der Waals surface area (Å²) in [6, 6.07) is -1.44. The van der Waals surface area contributed by atoms with E-state index < -0.39 is 71.7 Å². The van der Waals surface area contributed by atoms with Gasteiger partial charge in [0.2, 0.25) is 0 Å². The standard InChI is InChI=1S/C29H33F4N5O6S/c1-14-15(6-7-16(30)20(14)31)21-19(25(39)43-5)17(35-23(36-21)24-34-8-9-45-24)10-37-13-29(32,33)22-18(37)11-44-38(22)12-28(4,42)27(2,3)26(40)41/h6-9,18,21-22,42H,10-13H2,1-5H3,(H,35,36)(H,40,41)/t18-,21+,22+,28-/m1/s1. The molecule has 1 aromatic heterocycles. The minimum absolute atomic E-state index is 0.0828. The lowest BCUT2D eigenvalue weighted by molar-refractivity contribution is -0.221. The number of fused-ring (bicyclic) bond motifs is 1. The Bertz CT molecular complexity index is 1560. The Kier molecular flexibility index (Phi) is 8.59. The first kappa shape index (κ1) is 32.9. The molecule has 16 heteroatoms. The van der Waals surface area contributed by atoms with Crippen LogP contribution in [0.25, 0.3) is 0 Å². The third-order valence-electron chi connectivity index (χ3n) is 8.95. The predicted octanol–water partition coefficient (Wildman–Crippen LogP) is 3.05. The van der Waals surface area contributed by atoms with E-state index in [0.29, 0.717) is 5.01 Å². The van der Waals surface area contributed by atoms with Gasteiger partial charge in [-0.25, -0.2) is 27.3 Å². The lowest BCUT2D eigenvalue weighted by Crippen LogP contribution is -2.57. The second kappa shape index (κ2) is 11.7.